The Hall–Kier alpha value is -1.74. The average Bonchev–Trinajstić information content (AvgIpc) is 2.82. The molecule has 19 heavy (non-hydrogen) atoms. The maximum Gasteiger partial charge on any atom is 0.244 e. The molecule has 0 aromatic heterocycles. The lowest BCUT2D eigenvalue weighted by molar-refractivity contribution is 0.558. The van der Waals surface area contributed by atoms with Gasteiger partial charge in [0.15, 0.2) is 0 Å². The number of thioether (sulfide) groups is 1. The van der Waals surface area contributed by atoms with Crippen LogP contribution in [0.3, 0.4) is 0 Å². The van der Waals surface area contributed by atoms with Crippen molar-refractivity contribution in [1.29, 1.82) is 0 Å². The standard InChI is InChI=1S/C16H15NOS/c18-16-17-14(11-12-7-3-1-4-8-12)15(19-16)13-9-5-2-6-10-13/h1-10,14-15H,11H2,(H,17,18). The summed E-state index contributed by atoms with van der Waals surface area (Å²) in [6.45, 7) is 0. The molecule has 3 heteroatoms. The van der Waals surface area contributed by atoms with Gasteiger partial charge in [0.25, 0.3) is 0 Å². The molecular weight excluding hydrogens is 254 g/mol. The number of aliphatic hydroxyl groups excluding tert-OH is 1. The third kappa shape index (κ3) is 2.82. The van der Waals surface area contributed by atoms with E-state index in [4.69, 9.17) is 0 Å². The molecule has 0 radical (unpaired) electrons. The lowest BCUT2D eigenvalue weighted by Gasteiger charge is -2.17. The van der Waals surface area contributed by atoms with Crippen LogP contribution < -0.4 is 0 Å². The number of hydrogen-bond acceptors (Lipinski definition) is 2. The average molecular weight is 269 g/mol. The van der Waals surface area contributed by atoms with E-state index in [1.165, 1.54) is 22.9 Å². The van der Waals surface area contributed by atoms with Crippen molar-refractivity contribution >= 4 is 17.0 Å². The van der Waals surface area contributed by atoms with Gasteiger partial charge in [-0.2, -0.15) is 0 Å². The van der Waals surface area contributed by atoms with Crippen molar-refractivity contribution in [1.82, 2.24) is 0 Å². The summed E-state index contributed by atoms with van der Waals surface area (Å²) in [6.07, 6.45) is 0.859. The fourth-order valence-electron chi connectivity index (χ4n) is 2.37. The summed E-state index contributed by atoms with van der Waals surface area (Å²) in [5.74, 6) is 0. The highest BCUT2D eigenvalue weighted by Crippen LogP contribution is 2.40. The van der Waals surface area contributed by atoms with E-state index in [0.29, 0.717) is 0 Å². The van der Waals surface area contributed by atoms with Crippen LogP contribution in [0, 0.1) is 0 Å². The van der Waals surface area contributed by atoms with Gasteiger partial charge in [-0.3, -0.25) is 0 Å². The summed E-state index contributed by atoms with van der Waals surface area (Å²) in [5, 5.41) is 10.1. The van der Waals surface area contributed by atoms with Crippen LogP contribution in [0.25, 0.3) is 0 Å². The van der Waals surface area contributed by atoms with E-state index in [0.717, 1.165) is 6.42 Å². The van der Waals surface area contributed by atoms with Crippen molar-refractivity contribution in [2.45, 2.75) is 17.7 Å². The molecule has 0 saturated heterocycles. The minimum absolute atomic E-state index is 0.106. The van der Waals surface area contributed by atoms with Crippen LogP contribution in [-0.4, -0.2) is 16.4 Å². The normalized spacial score (nSPS) is 22.2. The topological polar surface area (TPSA) is 32.6 Å². The number of aliphatic hydroxyl groups is 1. The molecule has 0 bridgehead atoms. The first kappa shape index (κ1) is 12.3. The zero-order valence-electron chi connectivity index (χ0n) is 10.4. The Bertz CT molecular complexity index is 568. The monoisotopic (exact) mass is 269 g/mol. The Labute approximate surface area is 117 Å². The maximum absolute atomic E-state index is 9.72. The van der Waals surface area contributed by atoms with Gasteiger partial charge in [0, 0.05) is 0 Å². The molecule has 1 N–H and O–H groups in total. The molecule has 2 unspecified atom stereocenters. The molecule has 1 aliphatic rings. The van der Waals surface area contributed by atoms with E-state index in [1.807, 2.05) is 36.4 Å². The Kier molecular flexibility index (Phi) is 3.56. The predicted octanol–water partition coefficient (Wildman–Crippen LogP) is 4.00. The van der Waals surface area contributed by atoms with Crippen LogP contribution in [0.1, 0.15) is 16.4 Å². The second-order valence-corrected chi connectivity index (χ2v) is 5.73. The Morgan fingerprint density at radius 1 is 0.947 bits per heavy atom. The molecule has 2 aromatic rings. The molecule has 0 amide bonds. The molecule has 0 fully saturated rings. The van der Waals surface area contributed by atoms with Crippen LogP contribution in [0.4, 0.5) is 0 Å². The van der Waals surface area contributed by atoms with Crippen molar-refractivity contribution in [2.24, 2.45) is 4.99 Å². The lowest BCUT2D eigenvalue weighted by atomic mass is 9.99. The highest BCUT2D eigenvalue weighted by atomic mass is 32.2. The van der Waals surface area contributed by atoms with Gasteiger partial charge in [-0.1, -0.05) is 72.4 Å². The SMILES string of the molecule is OC1=NC(Cc2ccccc2)C(c2ccccc2)S1. The van der Waals surface area contributed by atoms with Crippen molar-refractivity contribution < 1.29 is 5.11 Å². The Morgan fingerprint density at radius 3 is 2.26 bits per heavy atom. The van der Waals surface area contributed by atoms with Crippen LogP contribution in [0.2, 0.25) is 0 Å². The molecule has 1 heterocycles. The molecule has 1 aliphatic heterocycles. The molecule has 3 rings (SSSR count). The van der Waals surface area contributed by atoms with Crippen LogP contribution >= 0.6 is 11.8 Å². The molecule has 2 nitrogen and oxygen atoms in total. The van der Waals surface area contributed by atoms with Gasteiger partial charge in [0.05, 0.1) is 11.3 Å². The van der Waals surface area contributed by atoms with Crippen LogP contribution in [0.15, 0.2) is 65.7 Å². The second kappa shape index (κ2) is 5.49. The summed E-state index contributed by atoms with van der Waals surface area (Å²) >= 11 is 1.45. The molecule has 0 aliphatic carbocycles. The zero-order chi connectivity index (χ0) is 13.1. The first-order valence-corrected chi connectivity index (χ1v) is 7.23. The van der Waals surface area contributed by atoms with E-state index in [-0.39, 0.29) is 16.5 Å². The van der Waals surface area contributed by atoms with E-state index in [2.05, 4.69) is 29.3 Å². The summed E-state index contributed by atoms with van der Waals surface area (Å²) < 4.78 is 0. The fourth-order valence-corrected chi connectivity index (χ4v) is 3.40. The number of hydrogen-bond donors (Lipinski definition) is 1. The third-order valence-electron chi connectivity index (χ3n) is 3.27. The number of nitrogens with zero attached hydrogens (tertiary/aromatic N) is 1. The molecule has 0 spiro atoms. The quantitative estimate of drug-likeness (QED) is 0.913. The molecule has 2 atom stereocenters. The van der Waals surface area contributed by atoms with E-state index in [9.17, 15) is 5.11 Å². The minimum Gasteiger partial charge on any atom is -0.489 e. The van der Waals surface area contributed by atoms with Crippen molar-refractivity contribution in [3.63, 3.8) is 0 Å². The van der Waals surface area contributed by atoms with Crippen LogP contribution in [-0.2, 0) is 6.42 Å². The van der Waals surface area contributed by atoms with Crippen LogP contribution in [0.5, 0.6) is 0 Å². The van der Waals surface area contributed by atoms with Crippen molar-refractivity contribution in [2.75, 3.05) is 0 Å². The van der Waals surface area contributed by atoms with Gasteiger partial charge in [-0.05, 0) is 17.5 Å². The smallest absolute Gasteiger partial charge is 0.244 e. The third-order valence-corrected chi connectivity index (χ3v) is 4.43. The van der Waals surface area contributed by atoms with Gasteiger partial charge in [-0.15, -0.1) is 0 Å². The van der Waals surface area contributed by atoms with E-state index >= 15 is 0 Å². The molecule has 96 valence electrons. The molecular formula is C16H15NOS. The first-order valence-electron chi connectivity index (χ1n) is 6.35. The Morgan fingerprint density at radius 2 is 1.58 bits per heavy atom. The van der Waals surface area contributed by atoms with Gasteiger partial charge >= 0.3 is 0 Å². The van der Waals surface area contributed by atoms with Gasteiger partial charge in [-0.25, -0.2) is 4.99 Å². The predicted molar refractivity (Wildman–Crippen MR) is 80.8 cm³/mol. The van der Waals surface area contributed by atoms with E-state index in [1.54, 1.807) is 0 Å². The number of rotatable bonds is 3. The lowest BCUT2D eigenvalue weighted by Crippen LogP contribution is -2.13. The highest BCUT2D eigenvalue weighted by Gasteiger charge is 2.31. The van der Waals surface area contributed by atoms with Gasteiger partial charge in [0.1, 0.15) is 0 Å². The number of aliphatic imine (C=N–C) groups is 1. The Balaban J connectivity index is 1.82. The molecule has 0 saturated carbocycles. The summed E-state index contributed by atoms with van der Waals surface area (Å²) in [7, 11) is 0. The summed E-state index contributed by atoms with van der Waals surface area (Å²) in [4.78, 5) is 4.38. The highest BCUT2D eigenvalue weighted by molar-refractivity contribution is 8.14. The second-order valence-electron chi connectivity index (χ2n) is 4.62. The fraction of sp³-hybridized carbons (Fsp3) is 0.188. The first-order chi connectivity index (χ1) is 9.33. The van der Waals surface area contributed by atoms with Crippen molar-refractivity contribution in [3.05, 3.63) is 71.8 Å². The van der Waals surface area contributed by atoms with Gasteiger partial charge in [0.2, 0.25) is 5.23 Å². The maximum atomic E-state index is 9.72. The minimum atomic E-state index is 0.106. The molecule has 2 aromatic carbocycles. The largest absolute Gasteiger partial charge is 0.489 e. The number of benzene rings is 2. The summed E-state index contributed by atoms with van der Waals surface area (Å²) in [6, 6.07) is 20.7. The zero-order valence-corrected chi connectivity index (χ0v) is 11.3. The van der Waals surface area contributed by atoms with Crippen molar-refractivity contribution in [3.8, 4) is 0 Å². The van der Waals surface area contributed by atoms with E-state index < -0.39 is 0 Å². The van der Waals surface area contributed by atoms with Gasteiger partial charge < -0.3 is 5.11 Å². The summed E-state index contributed by atoms with van der Waals surface area (Å²) in [5.41, 5.74) is 2.48.